The maximum atomic E-state index is 13.0. The van der Waals surface area contributed by atoms with Crippen LogP contribution in [0.15, 0.2) is 0 Å². The van der Waals surface area contributed by atoms with Gasteiger partial charge in [0.1, 0.15) is 6.54 Å². The van der Waals surface area contributed by atoms with Gasteiger partial charge < -0.3 is 19.9 Å². The van der Waals surface area contributed by atoms with Crippen molar-refractivity contribution in [2.24, 2.45) is 0 Å². The molecule has 0 aliphatic carbocycles. The summed E-state index contributed by atoms with van der Waals surface area (Å²) < 4.78 is 44.9. The molecule has 6 nitrogen and oxygen atoms in total. The number of carbonyl (C=O) groups excluding carboxylic acids is 1. The summed E-state index contributed by atoms with van der Waals surface area (Å²) in [6, 6.07) is 0. The maximum absolute atomic E-state index is 13.0. The van der Waals surface area contributed by atoms with Gasteiger partial charge in [0, 0.05) is 38.9 Å². The van der Waals surface area contributed by atoms with Gasteiger partial charge in [0.2, 0.25) is 11.7 Å². The smallest absolute Gasteiger partial charge is 0.383 e. The minimum Gasteiger partial charge on any atom is -0.383 e. The van der Waals surface area contributed by atoms with E-state index in [1.165, 1.54) is 7.11 Å². The van der Waals surface area contributed by atoms with E-state index < -0.39 is 17.9 Å². The number of imidazole rings is 1. The molecule has 0 radical (unpaired) electrons. The van der Waals surface area contributed by atoms with Gasteiger partial charge in [-0.3, -0.25) is 4.79 Å². The number of rotatable bonds is 5. The highest BCUT2D eigenvalue weighted by atomic mass is 19.4. The first kappa shape index (κ1) is 15.8. The first-order valence-corrected chi connectivity index (χ1v) is 6.55. The topological polar surface area (TPSA) is 68.2 Å². The van der Waals surface area contributed by atoms with Gasteiger partial charge >= 0.3 is 6.18 Å². The third kappa shape index (κ3) is 3.73. The summed E-state index contributed by atoms with van der Waals surface area (Å²) in [6.45, 7) is 1.04. The third-order valence-electron chi connectivity index (χ3n) is 3.17. The average molecular weight is 306 g/mol. The zero-order valence-corrected chi connectivity index (χ0v) is 11.6. The molecule has 0 spiro atoms. The molecule has 1 amide bonds. The van der Waals surface area contributed by atoms with Crippen LogP contribution in [0.5, 0.6) is 0 Å². The van der Waals surface area contributed by atoms with Crippen LogP contribution in [0.25, 0.3) is 0 Å². The van der Waals surface area contributed by atoms with E-state index in [1.54, 1.807) is 0 Å². The van der Waals surface area contributed by atoms with E-state index in [0.29, 0.717) is 31.0 Å². The Morgan fingerprint density at radius 1 is 1.52 bits per heavy atom. The zero-order valence-electron chi connectivity index (χ0n) is 11.6. The molecule has 0 fully saturated rings. The molecular formula is C12H17F3N4O2. The van der Waals surface area contributed by atoms with Gasteiger partial charge in [-0.15, -0.1) is 0 Å². The number of nitrogens with one attached hydrogen (secondary N) is 2. The molecule has 0 bridgehead atoms. The lowest BCUT2D eigenvalue weighted by Gasteiger charge is -2.16. The van der Waals surface area contributed by atoms with Crippen LogP contribution in [0, 0.1) is 0 Å². The Labute approximate surface area is 119 Å². The molecule has 0 atom stereocenters. The van der Waals surface area contributed by atoms with Gasteiger partial charge in [0.05, 0.1) is 12.3 Å². The molecule has 118 valence electrons. The number of hydrogen-bond donors (Lipinski definition) is 2. The zero-order chi connectivity index (χ0) is 15.5. The Kier molecular flexibility index (Phi) is 4.84. The quantitative estimate of drug-likeness (QED) is 0.768. The second kappa shape index (κ2) is 6.44. The van der Waals surface area contributed by atoms with Gasteiger partial charge in [-0.1, -0.05) is 0 Å². The molecule has 1 aliphatic rings. The molecule has 2 heterocycles. The Balaban J connectivity index is 2.20. The molecule has 0 aromatic carbocycles. The number of fused-ring (bicyclic) bond motifs is 1. The summed E-state index contributed by atoms with van der Waals surface area (Å²) >= 11 is 0. The second-order valence-electron chi connectivity index (χ2n) is 4.68. The SMILES string of the molecule is COCCNC(=O)Cn1c(C(F)(F)F)nc2c1CCNC2. The van der Waals surface area contributed by atoms with Gasteiger partial charge in [0.15, 0.2) is 0 Å². The first-order chi connectivity index (χ1) is 9.93. The van der Waals surface area contributed by atoms with Crippen molar-refractivity contribution in [3.8, 4) is 0 Å². The predicted molar refractivity (Wildman–Crippen MR) is 67.5 cm³/mol. The fourth-order valence-corrected chi connectivity index (χ4v) is 2.25. The van der Waals surface area contributed by atoms with Crippen LogP contribution in [0.2, 0.25) is 0 Å². The lowest BCUT2D eigenvalue weighted by Crippen LogP contribution is -2.33. The molecule has 1 aromatic heterocycles. The number of nitrogens with zero attached hydrogens (tertiary/aromatic N) is 2. The summed E-state index contributed by atoms with van der Waals surface area (Å²) in [5.41, 5.74) is 0.834. The molecule has 21 heavy (non-hydrogen) atoms. The van der Waals surface area contributed by atoms with Crippen molar-refractivity contribution in [2.75, 3.05) is 26.8 Å². The fraction of sp³-hybridized carbons (Fsp3) is 0.667. The standard InChI is InChI=1S/C12H17F3N4O2/c1-21-5-4-17-10(20)7-19-9-2-3-16-6-8(9)18-11(19)12(13,14)15/h16H,2-7H2,1H3,(H,17,20). The highest BCUT2D eigenvalue weighted by Gasteiger charge is 2.39. The normalized spacial score (nSPS) is 14.9. The largest absolute Gasteiger partial charge is 0.449 e. The van der Waals surface area contributed by atoms with Crippen LogP contribution in [0.3, 0.4) is 0 Å². The Bertz CT molecular complexity index is 513. The minimum atomic E-state index is -4.58. The number of hydrogen-bond acceptors (Lipinski definition) is 4. The van der Waals surface area contributed by atoms with Gasteiger partial charge in [-0.25, -0.2) is 4.98 Å². The van der Waals surface area contributed by atoms with Crippen molar-refractivity contribution < 1.29 is 22.7 Å². The van der Waals surface area contributed by atoms with Crippen molar-refractivity contribution in [1.82, 2.24) is 20.2 Å². The molecule has 0 saturated heterocycles. The van der Waals surface area contributed by atoms with E-state index in [9.17, 15) is 18.0 Å². The summed E-state index contributed by atoms with van der Waals surface area (Å²) in [5.74, 6) is -1.51. The molecular weight excluding hydrogens is 289 g/mol. The van der Waals surface area contributed by atoms with Crippen LogP contribution in [0.4, 0.5) is 13.2 Å². The number of amides is 1. The predicted octanol–water partition coefficient (Wildman–Crippen LogP) is 0.310. The van der Waals surface area contributed by atoms with E-state index in [0.717, 1.165) is 4.57 Å². The molecule has 1 aliphatic heterocycles. The molecule has 0 unspecified atom stereocenters. The Hall–Kier alpha value is -1.61. The van der Waals surface area contributed by atoms with Crippen molar-refractivity contribution in [3.05, 3.63) is 17.2 Å². The number of halogens is 3. The number of alkyl halides is 3. The monoisotopic (exact) mass is 306 g/mol. The fourth-order valence-electron chi connectivity index (χ4n) is 2.25. The summed E-state index contributed by atoms with van der Waals surface area (Å²) in [5, 5.41) is 5.48. The van der Waals surface area contributed by atoms with E-state index >= 15 is 0 Å². The highest BCUT2D eigenvalue weighted by Crippen LogP contribution is 2.31. The first-order valence-electron chi connectivity index (χ1n) is 6.55. The van der Waals surface area contributed by atoms with E-state index in [-0.39, 0.29) is 19.6 Å². The van der Waals surface area contributed by atoms with Crippen LogP contribution in [-0.4, -0.2) is 42.3 Å². The van der Waals surface area contributed by atoms with Crippen molar-refractivity contribution in [3.63, 3.8) is 0 Å². The van der Waals surface area contributed by atoms with Crippen molar-refractivity contribution in [2.45, 2.75) is 25.7 Å². The van der Waals surface area contributed by atoms with Crippen molar-refractivity contribution in [1.29, 1.82) is 0 Å². The van der Waals surface area contributed by atoms with E-state index in [1.807, 2.05) is 0 Å². The Morgan fingerprint density at radius 3 is 2.95 bits per heavy atom. The van der Waals surface area contributed by atoms with Gasteiger partial charge in [-0.2, -0.15) is 13.2 Å². The number of ether oxygens (including phenoxy) is 1. The van der Waals surface area contributed by atoms with Gasteiger partial charge in [-0.05, 0) is 0 Å². The van der Waals surface area contributed by atoms with Crippen molar-refractivity contribution >= 4 is 5.91 Å². The van der Waals surface area contributed by atoms with Crippen LogP contribution in [-0.2, 0) is 35.2 Å². The maximum Gasteiger partial charge on any atom is 0.449 e. The third-order valence-corrected chi connectivity index (χ3v) is 3.17. The molecule has 2 N–H and O–H groups in total. The summed E-state index contributed by atoms with van der Waals surface area (Å²) in [4.78, 5) is 15.4. The Morgan fingerprint density at radius 2 is 2.29 bits per heavy atom. The summed E-state index contributed by atoms with van der Waals surface area (Å²) in [7, 11) is 1.48. The van der Waals surface area contributed by atoms with E-state index in [2.05, 4.69) is 15.6 Å². The minimum absolute atomic E-state index is 0.259. The molecule has 1 aromatic rings. The number of aromatic nitrogens is 2. The molecule has 0 saturated carbocycles. The van der Waals surface area contributed by atoms with E-state index in [4.69, 9.17) is 4.74 Å². The molecule has 9 heteroatoms. The summed E-state index contributed by atoms with van der Waals surface area (Å²) in [6.07, 6.45) is -4.16. The lowest BCUT2D eigenvalue weighted by molar-refractivity contribution is -0.147. The molecule has 2 rings (SSSR count). The van der Waals surface area contributed by atoms with Crippen LogP contribution < -0.4 is 10.6 Å². The average Bonchev–Trinajstić information content (AvgIpc) is 2.78. The second-order valence-corrected chi connectivity index (χ2v) is 4.68. The lowest BCUT2D eigenvalue weighted by atomic mass is 10.2. The van der Waals surface area contributed by atoms with Crippen LogP contribution >= 0.6 is 0 Å². The highest BCUT2D eigenvalue weighted by molar-refractivity contribution is 5.75. The number of methoxy groups -OCH3 is 1. The number of carbonyl (C=O) groups is 1. The van der Waals surface area contributed by atoms with Crippen LogP contribution in [0.1, 0.15) is 17.2 Å². The van der Waals surface area contributed by atoms with Gasteiger partial charge in [0.25, 0.3) is 0 Å².